The monoisotopic (exact) mass is 257 g/mol. The largest absolute Gasteiger partial charge is 0.481 e. The van der Waals surface area contributed by atoms with Gasteiger partial charge in [-0.1, -0.05) is 6.92 Å². The summed E-state index contributed by atoms with van der Waals surface area (Å²) in [5.41, 5.74) is 0. The first-order valence-corrected chi connectivity index (χ1v) is 6.15. The first-order valence-electron chi connectivity index (χ1n) is 6.15. The van der Waals surface area contributed by atoms with Gasteiger partial charge in [0.15, 0.2) is 0 Å². The van der Waals surface area contributed by atoms with Gasteiger partial charge in [0.2, 0.25) is 5.91 Å². The molecule has 1 aliphatic carbocycles. The second kappa shape index (κ2) is 6.37. The average Bonchev–Trinajstić information content (AvgIpc) is 2.28. The molecule has 0 saturated heterocycles. The van der Waals surface area contributed by atoms with Crippen LogP contribution in [-0.2, 0) is 14.4 Å². The van der Waals surface area contributed by atoms with Crippen molar-refractivity contribution in [3.8, 4) is 0 Å². The second-order valence-corrected chi connectivity index (χ2v) is 4.95. The zero-order chi connectivity index (χ0) is 13.7. The molecule has 1 atom stereocenters. The van der Waals surface area contributed by atoms with Gasteiger partial charge in [-0.2, -0.15) is 0 Å². The number of aliphatic carboxylic acids is 2. The van der Waals surface area contributed by atoms with Gasteiger partial charge in [-0.05, 0) is 31.6 Å². The molecule has 3 N–H and O–H groups in total. The van der Waals surface area contributed by atoms with Crippen molar-refractivity contribution in [1.82, 2.24) is 5.32 Å². The van der Waals surface area contributed by atoms with Gasteiger partial charge in [0.1, 0.15) is 6.04 Å². The smallest absolute Gasteiger partial charge is 0.326 e. The molecule has 0 spiro atoms. The van der Waals surface area contributed by atoms with E-state index in [0.717, 1.165) is 25.7 Å². The predicted molar refractivity (Wildman–Crippen MR) is 62.9 cm³/mol. The fraction of sp³-hybridized carbons (Fsp3) is 0.750. The molecule has 1 aliphatic rings. The van der Waals surface area contributed by atoms with Crippen LogP contribution >= 0.6 is 0 Å². The lowest BCUT2D eigenvalue weighted by Crippen LogP contribution is -2.45. The summed E-state index contributed by atoms with van der Waals surface area (Å²) < 4.78 is 0. The summed E-state index contributed by atoms with van der Waals surface area (Å²) in [6.45, 7) is 2.12. The maximum Gasteiger partial charge on any atom is 0.326 e. The molecule has 6 heteroatoms. The lowest BCUT2D eigenvalue weighted by atomic mass is 9.82. The number of carbonyl (C=O) groups is 3. The number of hydrogen-bond donors (Lipinski definition) is 3. The van der Waals surface area contributed by atoms with Crippen molar-refractivity contribution in [2.24, 2.45) is 11.8 Å². The molecule has 18 heavy (non-hydrogen) atoms. The number of carboxylic acids is 2. The van der Waals surface area contributed by atoms with Gasteiger partial charge in [0.05, 0.1) is 6.42 Å². The van der Waals surface area contributed by atoms with Crippen molar-refractivity contribution in [2.75, 3.05) is 0 Å². The normalized spacial score (nSPS) is 25.2. The lowest BCUT2D eigenvalue weighted by molar-refractivity contribution is -0.147. The Labute approximate surface area is 105 Å². The van der Waals surface area contributed by atoms with E-state index in [1.54, 1.807) is 0 Å². The third kappa shape index (κ3) is 4.35. The molecule has 0 unspecified atom stereocenters. The molecular weight excluding hydrogens is 238 g/mol. The highest BCUT2D eigenvalue weighted by atomic mass is 16.4. The van der Waals surface area contributed by atoms with Crippen molar-refractivity contribution in [1.29, 1.82) is 0 Å². The fourth-order valence-electron chi connectivity index (χ4n) is 2.19. The van der Waals surface area contributed by atoms with Gasteiger partial charge >= 0.3 is 11.9 Å². The first-order chi connectivity index (χ1) is 8.40. The third-order valence-electron chi connectivity index (χ3n) is 3.38. The van der Waals surface area contributed by atoms with Gasteiger partial charge in [0, 0.05) is 5.92 Å². The molecule has 1 rings (SSSR count). The summed E-state index contributed by atoms with van der Waals surface area (Å²) in [4.78, 5) is 33.2. The minimum Gasteiger partial charge on any atom is -0.481 e. The predicted octanol–water partition coefficient (Wildman–Crippen LogP) is 0.857. The molecule has 1 saturated carbocycles. The molecule has 1 amide bonds. The Morgan fingerprint density at radius 2 is 1.72 bits per heavy atom. The van der Waals surface area contributed by atoms with E-state index in [0.29, 0.717) is 5.92 Å². The summed E-state index contributed by atoms with van der Waals surface area (Å²) in [6, 6.07) is -1.34. The molecule has 0 aromatic carbocycles. The van der Waals surface area contributed by atoms with E-state index in [1.807, 2.05) is 0 Å². The van der Waals surface area contributed by atoms with Crippen LogP contribution in [-0.4, -0.2) is 34.1 Å². The molecule has 6 nitrogen and oxygen atoms in total. The number of carbonyl (C=O) groups excluding carboxylic acids is 1. The van der Waals surface area contributed by atoms with Gasteiger partial charge in [0.25, 0.3) is 0 Å². The zero-order valence-corrected chi connectivity index (χ0v) is 10.4. The molecule has 0 aliphatic heterocycles. The standard InChI is InChI=1S/C12H19NO5/c1-7-2-4-8(5-3-7)11(16)13-9(12(17)18)6-10(14)15/h7-9H,2-6H2,1H3,(H,13,16)(H,14,15)(H,17,18)/t7?,8?,9-/m1/s1. The van der Waals surface area contributed by atoms with Crippen LogP contribution in [0.2, 0.25) is 0 Å². The van der Waals surface area contributed by atoms with Crippen LogP contribution in [0.4, 0.5) is 0 Å². The number of nitrogens with one attached hydrogen (secondary N) is 1. The Kier molecular flexibility index (Phi) is 5.12. The Balaban J connectivity index is 2.50. The summed E-state index contributed by atoms with van der Waals surface area (Å²) in [7, 11) is 0. The first kappa shape index (κ1) is 14.5. The lowest BCUT2D eigenvalue weighted by Gasteiger charge is -2.26. The maximum absolute atomic E-state index is 11.8. The van der Waals surface area contributed by atoms with Crippen LogP contribution in [0, 0.1) is 11.8 Å². The van der Waals surface area contributed by atoms with Gasteiger partial charge in [-0.15, -0.1) is 0 Å². The minimum atomic E-state index is -1.34. The van der Waals surface area contributed by atoms with Crippen LogP contribution in [0.3, 0.4) is 0 Å². The molecule has 1 fully saturated rings. The van der Waals surface area contributed by atoms with Crippen molar-refractivity contribution in [3.05, 3.63) is 0 Å². The van der Waals surface area contributed by atoms with E-state index in [9.17, 15) is 14.4 Å². The van der Waals surface area contributed by atoms with Gasteiger partial charge in [-0.3, -0.25) is 9.59 Å². The molecule has 0 bridgehead atoms. The number of rotatable bonds is 5. The van der Waals surface area contributed by atoms with E-state index in [2.05, 4.69) is 12.2 Å². The van der Waals surface area contributed by atoms with Crippen LogP contribution < -0.4 is 5.32 Å². The molecule has 0 aromatic heterocycles. The molecule has 0 heterocycles. The van der Waals surface area contributed by atoms with E-state index in [-0.39, 0.29) is 11.8 Å². The zero-order valence-electron chi connectivity index (χ0n) is 10.4. The maximum atomic E-state index is 11.8. The van der Waals surface area contributed by atoms with Gasteiger partial charge in [-0.25, -0.2) is 4.79 Å². The van der Waals surface area contributed by atoms with E-state index < -0.39 is 24.4 Å². The number of carboxylic acid groups (broad SMARTS) is 2. The van der Waals surface area contributed by atoms with E-state index >= 15 is 0 Å². The summed E-state index contributed by atoms with van der Waals surface area (Å²) in [6.07, 6.45) is 2.80. The Morgan fingerprint density at radius 3 is 2.17 bits per heavy atom. The highest BCUT2D eigenvalue weighted by Gasteiger charge is 2.29. The summed E-state index contributed by atoms with van der Waals surface area (Å²) in [5.74, 6) is -2.47. The Morgan fingerprint density at radius 1 is 1.17 bits per heavy atom. The van der Waals surface area contributed by atoms with E-state index in [4.69, 9.17) is 10.2 Å². The fourth-order valence-corrected chi connectivity index (χ4v) is 2.19. The molecule has 0 aromatic rings. The minimum absolute atomic E-state index is 0.183. The Hall–Kier alpha value is -1.59. The average molecular weight is 257 g/mol. The summed E-state index contributed by atoms with van der Waals surface area (Å²) in [5, 5.41) is 19.7. The highest BCUT2D eigenvalue weighted by Crippen LogP contribution is 2.28. The second-order valence-electron chi connectivity index (χ2n) is 4.95. The molecular formula is C12H19NO5. The van der Waals surface area contributed by atoms with Crippen molar-refractivity contribution in [3.63, 3.8) is 0 Å². The van der Waals surface area contributed by atoms with Crippen LogP contribution in [0.5, 0.6) is 0 Å². The van der Waals surface area contributed by atoms with E-state index in [1.165, 1.54) is 0 Å². The SMILES string of the molecule is CC1CCC(C(=O)N[C@H](CC(=O)O)C(=O)O)CC1. The summed E-state index contributed by atoms with van der Waals surface area (Å²) >= 11 is 0. The van der Waals surface area contributed by atoms with Crippen molar-refractivity contribution < 1.29 is 24.6 Å². The Bertz CT molecular complexity index is 333. The topological polar surface area (TPSA) is 104 Å². The number of amides is 1. The van der Waals surface area contributed by atoms with Gasteiger partial charge < -0.3 is 15.5 Å². The third-order valence-corrected chi connectivity index (χ3v) is 3.38. The van der Waals surface area contributed by atoms with Crippen molar-refractivity contribution in [2.45, 2.75) is 45.1 Å². The highest BCUT2D eigenvalue weighted by molar-refractivity contribution is 5.87. The van der Waals surface area contributed by atoms with Crippen LogP contribution in [0.25, 0.3) is 0 Å². The van der Waals surface area contributed by atoms with Crippen molar-refractivity contribution >= 4 is 17.8 Å². The van der Waals surface area contributed by atoms with Crippen LogP contribution in [0.15, 0.2) is 0 Å². The molecule has 102 valence electrons. The van der Waals surface area contributed by atoms with Crippen LogP contribution in [0.1, 0.15) is 39.0 Å². The quantitative estimate of drug-likeness (QED) is 0.677. The molecule has 0 radical (unpaired) electrons. The number of hydrogen-bond acceptors (Lipinski definition) is 3.